The Hall–Kier alpha value is -0.670. The second-order valence-corrected chi connectivity index (χ2v) is 9.28. The summed E-state index contributed by atoms with van der Waals surface area (Å²) in [6.07, 6.45) is 3.15. The van der Waals surface area contributed by atoms with Crippen LogP contribution in [-0.4, -0.2) is 15.9 Å². The molecule has 1 aromatic heterocycles. The van der Waals surface area contributed by atoms with Crippen molar-refractivity contribution in [2.45, 2.75) is 49.5 Å². The number of fused-ring (bicyclic) bond motifs is 1. The lowest BCUT2D eigenvalue weighted by Gasteiger charge is -2.27. The van der Waals surface area contributed by atoms with Crippen LogP contribution in [0.4, 0.5) is 5.00 Å². The van der Waals surface area contributed by atoms with E-state index in [1.807, 2.05) is 0 Å². The minimum absolute atomic E-state index is 0.228. The average Bonchev–Trinajstić information content (AvgIpc) is 2.82. The molecule has 0 fully saturated rings. The first-order chi connectivity index (χ1) is 10.7. The molecule has 0 bridgehead atoms. The Kier molecular flexibility index (Phi) is 6.07. The van der Waals surface area contributed by atoms with Gasteiger partial charge in [-0.2, -0.15) is 5.26 Å². The SMILES string of the molecule is CC(C)C(=O)NC(Nc1sc2c(c1C#N)CCCC2)C(Cl)(Cl)Cl. The smallest absolute Gasteiger partial charge is 0.228 e. The van der Waals surface area contributed by atoms with Crippen LogP contribution in [0, 0.1) is 17.2 Å². The van der Waals surface area contributed by atoms with Crippen molar-refractivity contribution < 1.29 is 4.79 Å². The number of anilines is 1. The number of alkyl halides is 3. The molecule has 1 heterocycles. The molecule has 1 atom stereocenters. The molecular formula is C15H18Cl3N3OS. The van der Waals surface area contributed by atoms with Crippen LogP contribution >= 0.6 is 46.1 Å². The summed E-state index contributed by atoms with van der Waals surface area (Å²) in [6, 6.07) is 2.24. The van der Waals surface area contributed by atoms with E-state index in [0.717, 1.165) is 31.2 Å². The number of thiophene rings is 1. The van der Waals surface area contributed by atoms with Gasteiger partial charge in [0.1, 0.15) is 17.2 Å². The number of hydrogen-bond donors (Lipinski definition) is 2. The molecule has 126 valence electrons. The second kappa shape index (κ2) is 7.48. The summed E-state index contributed by atoms with van der Waals surface area (Å²) in [7, 11) is 0. The van der Waals surface area contributed by atoms with E-state index in [1.165, 1.54) is 16.2 Å². The fraction of sp³-hybridized carbons (Fsp3) is 0.600. The molecular weight excluding hydrogens is 377 g/mol. The number of hydrogen-bond acceptors (Lipinski definition) is 4. The lowest BCUT2D eigenvalue weighted by Crippen LogP contribution is -2.50. The van der Waals surface area contributed by atoms with Crippen LogP contribution < -0.4 is 10.6 Å². The number of nitrogens with one attached hydrogen (secondary N) is 2. The first-order valence-corrected chi connectivity index (χ1v) is 9.37. The van der Waals surface area contributed by atoms with Crippen LogP contribution in [0.1, 0.15) is 42.7 Å². The largest absolute Gasteiger partial charge is 0.352 e. The predicted octanol–water partition coefficient (Wildman–Crippen LogP) is 4.38. The summed E-state index contributed by atoms with van der Waals surface area (Å²) in [6.45, 7) is 3.52. The third-order valence-electron chi connectivity index (χ3n) is 3.70. The minimum Gasteiger partial charge on any atom is -0.352 e. The summed E-state index contributed by atoms with van der Waals surface area (Å²) in [4.78, 5) is 13.2. The molecule has 1 unspecified atom stereocenters. The molecule has 1 aliphatic rings. The molecule has 0 spiro atoms. The number of amides is 1. The van der Waals surface area contributed by atoms with Gasteiger partial charge < -0.3 is 10.6 Å². The maximum absolute atomic E-state index is 12.0. The molecule has 2 rings (SSSR count). The van der Waals surface area contributed by atoms with Crippen LogP contribution in [0.25, 0.3) is 0 Å². The molecule has 0 saturated carbocycles. The summed E-state index contributed by atoms with van der Waals surface area (Å²) in [5.74, 6) is -0.465. The van der Waals surface area contributed by atoms with Crippen molar-refractivity contribution in [1.29, 1.82) is 5.26 Å². The minimum atomic E-state index is -1.73. The fourth-order valence-corrected chi connectivity index (χ4v) is 4.02. The zero-order valence-corrected chi connectivity index (χ0v) is 16.0. The van der Waals surface area contributed by atoms with Crippen molar-refractivity contribution in [3.05, 3.63) is 16.0 Å². The highest BCUT2D eigenvalue weighted by Gasteiger charge is 2.36. The summed E-state index contributed by atoms with van der Waals surface area (Å²) in [5.41, 5.74) is 1.69. The van der Waals surface area contributed by atoms with Gasteiger partial charge in [0.2, 0.25) is 9.70 Å². The third-order valence-corrected chi connectivity index (χ3v) is 5.57. The molecule has 0 aromatic carbocycles. The number of carbonyl (C=O) groups is 1. The molecule has 1 aliphatic carbocycles. The highest BCUT2D eigenvalue weighted by molar-refractivity contribution is 7.16. The summed E-state index contributed by atoms with van der Waals surface area (Å²) < 4.78 is -1.73. The maximum Gasteiger partial charge on any atom is 0.228 e. The van der Waals surface area contributed by atoms with E-state index in [0.29, 0.717) is 10.6 Å². The zero-order valence-electron chi connectivity index (χ0n) is 12.9. The van der Waals surface area contributed by atoms with Crippen molar-refractivity contribution in [2.75, 3.05) is 5.32 Å². The van der Waals surface area contributed by atoms with Crippen LogP contribution in [0.3, 0.4) is 0 Å². The van der Waals surface area contributed by atoms with Crippen LogP contribution in [0.5, 0.6) is 0 Å². The Morgan fingerprint density at radius 3 is 2.52 bits per heavy atom. The third kappa shape index (κ3) is 4.45. The van der Waals surface area contributed by atoms with Gasteiger partial charge in [0.25, 0.3) is 0 Å². The van der Waals surface area contributed by atoms with E-state index >= 15 is 0 Å². The Morgan fingerprint density at radius 2 is 1.96 bits per heavy atom. The highest BCUT2D eigenvalue weighted by Crippen LogP contribution is 2.40. The number of nitrogens with zero attached hydrogens (tertiary/aromatic N) is 1. The van der Waals surface area contributed by atoms with Gasteiger partial charge in [-0.15, -0.1) is 11.3 Å². The lowest BCUT2D eigenvalue weighted by molar-refractivity contribution is -0.124. The standard InChI is InChI=1S/C15H18Cl3N3OS/c1-8(2)12(22)20-14(15(16,17)18)21-13-10(7-19)9-5-3-4-6-11(9)23-13/h8,14,21H,3-6H2,1-2H3,(H,20,22). The first-order valence-electron chi connectivity index (χ1n) is 7.42. The Morgan fingerprint density at radius 1 is 1.30 bits per heavy atom. The van der Waals surface area contributed by atoms with E-state index in [1.54, 1.807) is 13.8 Å². The molecule has 1 aromatic rings. The van der Waals surface area contributed by atoms with Crippen molar-refractivity contribution in [3.8, 4) is 6.07 Å². The van der Waals surface area contributed by atoms with Gasteiger partial charge >= 0.3 is 0 Å². The number of carbonyl (C=O) groups excluding carboxylic acids is 1. The Balaban J connectivity index is 2.28. The predicted molar refractivity (Wildman–Crippen MR) is 96.4 cm³/mol. The number of aryl methyl sites for hydroxylation is 1. The lowest BCUT2D eigenvalue weighted by atomic mass is 9.96. The first kappa shape index (κ1) is 18.7. The second-order valence-electron chi connectivity index (χ2n) is 5.81. The van der Waals surface area contributed by atoms with Gasteiger partial charge in [0.05, 0.1) is 5.56 Å². The molecule has 0 radical (unpaired) electrons. The summed E-state index contributed by atoms with van der Waals surface area (Å²) >= 11 is 19.5. The van der Waals surface area contributed by atoms with Crippen LogP contribution in [-0.2, 0) is 17.6 Å². The van der Waals surface area contributed by atoms with Crippen molar-refractivity contribution >= 4 is 57.0 Å². The van der Waals surface area contributed by atoms with Gasteiger partial charge in [-0.1, -0.05) is 48.7 Å². The molecule has 8 heteroatoms. The molecule has 23 heavy (non-hydrogen) atoms. The molecule has 4 nitrogen and oxygen atoms in total. The van der Waals surface area contributed by atoms with E-state index in [4.69, 9.17) is 34.8 Å². The number of halogens is 3. The van der Waals surface area contributed by atoms with E-state index in [9.17, 15) is 10.1 Å². The van der Waals surface area contributed by atoms with Gasteiger partial charge in [-0.05, 0) is 31.2 Å². The van der Waals surface area contributed by atoms with Gasteiger partial charge in [-0.25, -0.2) is 0 Å². The molecule has 0 saturated heterocycles. The monoisotopic (exact) mass is 393 g/mol. The van der Waals surface area contributed by atoms with Crippen LogP contribution in [0.15, 0.2) is 0 Å². The quantitative estimate of drug-likeness (QED) is 0.588. The molecule has 0 aliphatic heterocycles. The maximum atomic E-state index is 12.0. The van der Waals surface area contributed by atoms with Gasteiger partial charge in [0, 0.05) is 10.8 Å². The number of rotatable bonds is 4. The Labute approximate surface area is 155 Å². The normalized spacial score (nSPS) is 15.7. The average molecular weight is 395 g/mol. The van der Waals surface area contributed by atoms with Gasteiger partial charge in [0.15, 0.2) is 0 Å². The molecule has 2 N–H and O–H groups in total. The Bertz CT molecular complexity index is 631. The number of nitriles is 1. The van der Waals surface area contributed by atoms with Crippen molar-refractivity contribution in [1.82, 2.24) is 5.32 Å². The fourth-order valence-electron chi connectivity index (χ4n) is 2.43. The van der Waals surface area contributed by atoms with Gasteiger partial charge in [-0.3, -0.25) is 4.79 Å². The van der Waals surface area contributed by atoms with Crippen LogP contribution in [0.2, 0.25) is 0 Å². The van der Waals surface area contributed by atoms with Crippen molar-refractivity contribution in [3.63, 3.8) is 0 Å². The van der Waals surface area contributed by atoms with Crippen molar-refractivity contribution in [2.24, 2.45) is 5.92 Å². The van der Waals surface area contributed by atoms with E-state index in [-0.39, 0.29) is 11.8 Å². The van der Waals surface area contributed by atoms with E-state index in [2.05, 4.69) is 16.7 Å². The summed E-state index contributed by atoms with van der Waals surface area (Å²) in [5, 5.41) is 15.9. The molecule has 1 amide bonds. The zero-order chi connectivity index (χ0) is 17.2. The topological polar surface area (TPSA) is 64.9 Å². The van der Waals surface area contributed by atoms with E-state index < -0.39 is 9.96 Å². The highest BCUT2D eigenvalue weighted by atomic mass is 35.6.